The molecule has 1 atom stereocenters. The number of aryl methyl sites for hydroxylation is 1. The number of dihydropyridines is 1. The van der Waals surface area contributed by atoms with Crippen molar-refractivity contribution in [3.63, 3.8) is 0 Å². The van der Waals surface area contributed by atoms with Crippen molar-refractivity contribution in [3.05, 3.63) is 59.6 Å². The van der Waals surface area contributed by atoms with E-state index in [1.807, 2.05) is 43.5 Å². The van der Waals surface area contributed by atoms with Crippen LogP contribution in [0.25, 0.3) is 16.9 Å². The summed E-state index contributed by atoms with van der Waals surface area (Å²) in [5.41, 5.74) is 5.85. The minimum atomic E-state index is -0.352. The van der Waals surface area contributed by atoms with E-state index in [4.69, 9.17) is 18.6 Å². The van der Waals surface area contributed by atoms with Crippen molar-refractivity contribution in [1.29, 1.82) is 0 Å². The van der Waals surface area contributed by atoms with E-state index in [0.29, 0.717) is 18.4 Å². The van der Waals surface area contributed by atoms with Gasteiger partial charge in [-0.1, -0.05) is 11.6 Å². The normalized spacial score (nSPS) is 18.1. The van der Waals surface area contributed by atoms with Crippen molar-refractivity contribution in [3.8, 4) is 17.1 Å². The van der Waals surface area contributed by atoms with Crippen LogP contribution < -0.4 is 10.1 Å². The average Bonchev–Trinajstić information content (AvgIpc) is 3.42. The van der Waals surface area contributed by atoms with E-state index >= 15 is 0 Å². The maximum atomic E-state index is 6.07. The third kappa shape index (κ3) is 6.30. The fourth-order valence-corrected chi connectivity index (χ4v) is 4.64. The first-order valence-electron chi connectivity index (χ1n) is 13.1. The summed E-state index contributed by atoms with van der Waals surface area (Å²) in [6.45, 7) is 9.44. The molecule has 1 aromatic carbocycles. The second-order valence-corrected chi connectivity index (χ2v) is 9.54. The number of nitrogens with one attached hydrogen (secondary N) is 1. The fraction of sp³-hybridized carbons (Fsp3) is 0.414. The van der Waals surface area contributed by atoms with E-state index in [1.165, 1.54) is 5.57 Å². The van der Waals surface area contributed by atoms with Crippen LogP contribution >= 0.6 is 0 Å². The van der Waals surface area contributed by atoms with Crippen LogP contribution in [0.4, 0.5) is 11.7 Å². The molecule has 0 saturated carbocycles. The summed E-state index contributed by atoms with van der Waals surface area (Å²) < 4.78 is 23.1. The van der Waals surface area contributed by atoms with E-state index < -0.39 is 0 Å². The van der Waals surface area contributed by atoms with Gasteiger partial charge in [-0.15, -0.1) is 0 Å². The minimum absolute atomic E-state index is 0.352. The predicted octanol–water partition coefficient (Wildman–Crippen LogP) is 5.11. The fourth-order valence-electron chi connectivity index (χ4n) is 4.64. The van der Waals surface area contributed by atoms with Gasteiger partial charge in [-0.3, -0.25) is 14.9 Å². The number of morpholine rings is 1. The summed E-state index contributed by atoms with van der Waals surface area (Å²) >= 11 is 0. The number of hydrogen-bond acceptors (Lipinski definition) is 9. The molecule has 5 rings (SSSR count). The van der Waals surface area contributed by atoms with Gasteiger partial charge in [0.2, 0.25) is 0 Å². The number of rotatable bonds is 10. The summed E-state index contributed by atoms with van der Waals surface area (Å²) in [4.78, 5) is 15.9. The molecule has 2 aliphatic rings. The summed E-state index contributed by atoms with van der Waals surface area (Å²) in [6, 6.07) is 10.3. The monoisotopic (exact) mass is 517 g/mol. The molecule has 0 bridgehead atoms. The largest absolute Gasteiger partial charge is 0.493 e. The number of allylic oxidation sites excluding steroid dienone is 1. The van der Waals surface area contributed by atoms with Crippen molar-refractivity contribution in [2.45, 2.75) is 32.9 Å². The highest BCUT2D eigenvalue weighted by Gasteiger charge is 2.21. The number of aromatic nitrogens is 2. The molecule has 0 radical (unpaired) electrons. The molecule has 2 aliphatic heterocycles. The number of pyridine rings is 1. The van der Waals surface area contributed by atoms with Crippen LogP contribution in [0.1, 0.15) is 31.0 Å². The van der Waals surface area contributed by atoms with Crippen molar-refractivity contribution in [2.75, 3.05) is 51.9 Å². The minimum Gasteiger partial charge on any atom is -0.493 e. The lowest BCUT2D eigenvalue weighted by atomic mass is 9.98. The van der Waals surface area contributed by atoms with Crippen molar-refractivity contribution in [1.82, 2.24) is 14.9 Å². The van der Waals surface area contributed by atoms with Gasteiger partial charge in [-0.25, -0.2) is 4.98 Å². The van der Waals surface area contributed by atoms with E-state index in [2.05, 4.69) is 32.1 Å². The van der Waals surface area contributed by atoms with Gasteiger partial charge in [0.05, 0.1) is 31.7 Å². The molecule has 200 valence electrons. The molecule has 1 fully saturated rings. The van der Waals surface area contributed by atoms with Gasteiger partial charge in [0.25, 0.3) is 6.01 Å². The topological polar surface area (TPSA) is 94.2 Å². The standard InChI is InChI=1S/C29H35N5O4/c1-20-5-6-23(37-14-4-11-34-12-15-36-16-13-34)18-24(20)33-29-32-19-26(38-29)22-8-10-30-25(17-22)27-21(2)7-9-31-28(27)35-3/h5-6,8-10,17-19,28H,4,7,11-16H2,1-3H3,(H,32,33). The summed E-state index contributed by atoms with van der Waals surface area (Å²) in [7, 11) is 1.66. The molecule has 1 saturated heterocycles. The summed E-state index contributed by atoms with van der Waals surface area (Å²) in [5.74, 6) is 1.47. The van der Waals surface area contributed by atoms with Gasteiger partial charge >= 0.3 is 0 Å². The number of benzene rings is 1. The van der Waals surface area contributed by atoms with Crippen molar-refractivity contribution >= 4 is 23.5 Å². The lowest BCUT2D eigenvalue weighted by Gasteiger charge is -2.26. The molecule has 2 aromatic heterocycles. The number of hydrogen-bond donors (Lipinski definition) is 1. The highest BCUT2D eigenvalue weighted by molar-refractivity contribution is 5.80. The lowest BCUT2D eigenvalue weighted by Crippen LogP contribution is -2.37. The first-order valence-corrected chi connectivity index (χ1v) is 13.1. The Labute approximate surface area is 223 Å². The number of aliphatic imine (C=N–C) groups is 1. The Hall–Kier alpha value is -3.53. The Kier molecular flexibility index (Phi) is 8.47. The van der Waals surface area contributed by atoms with Crippen molar-refractivity contribution < 1.29 is 18.6 Å². The first kappa shape index (κ1) is 26.1. The third-order valence-electron chi connectivity index (χ3n) is 6.84. The highest BCUT2D eigenvalue weighted by Crippen LogP contribution is 2.32. The van der Waals surface area contributed by atoms with Crippen LogP contribution in [-0.4, -0.2) is 73.9 Å². The van der Waals surface area contributed by atoms with Gasteiger partial charge in [0.15, 0.2) is 12.0 Å². The summed E-state index contributed by atoms with van der Waals surface area (Å²) in [5, 5.41) is 3.30. The Morgan fingerprint density at radius 3 is 2.82 bits per heavy atom. The Morgan fingerprint density at radius 2 is 1.97 bits per heavy atom. The van der Waals surface area contributed by atoms with Crippen LogP contribution in [0, 0.1) is 6.92 Å². The second-order valence-electron chi connectivity index (χ2n) is 9.54. The van der Waals surface area contributed by atoms with Gasteiger partial charge in [0.1, 0.15) is 5.75 Å². The van der Waals surface area contributed by atoms with Gasteiger partial charge in [0, 0.05) is 68.5 Å². The maximum absolute atomic E-state index is 6.07. The number of methoxy groups -OCH3 is 1. The predicted molar refractivity (Wildman–Crippen MR) is 148 cm³/mol. The van der Waals surface area contributed by atoms with Crippen LogP contribution in [-0.2, 0) is 9.47 Å². The molecule has 9 heteroatoms. The van der Waals surface area contributed by atoms with Crippen LogP contribution in [0.5, 0.6) is 5.75 Å². The third-order valence-corrected chi connectivity index (χ3v) is 6.84. The van der Waals surface area contributed by atoms with Crippen LogP contribution in [0.3, 0.4) is 0 Å². The number of anilines is 2. The van der Waals surface area contributed by atoms with E-state index in [0.717, 1.165) is 79.5 Å². The first-order chi connectivity index (χ1) is 18.6. The molecule has 0 amide bonds. The Bertz CT molecular complexity index is 1300. The number of oxazole rings is 1. The molecule has 1 N–H and O–H groups in total. The molecule has 4 heterocycles. The van der Waals surface area contributed by atoms with E-state index in [-0.39, 0.29) is 6.23 Å². The molecule has 9 nitrogen and oxygen atoms in total. The zero-order valence-corrected chi connectivity index (χ0v) is 22.3. The van der Waals surface area contributed by atoms with Gasteiger partial charge < -0.3 is 23.9 Å². The molecule has 1 unspecified atom stereocenters. The number of ether oxygens (including phenoxy) is 3. The molecule has 0 aliphatic carbocycles. The zero-order valence-electron chi connectivity index (χ0n) is 22.3. The average molecular weight is 518 g/mol. The lowest BCUT2D eigenvalue weighted by molar-refractivity contribution is 0.0358. The Balaban J connectivity index is 1.23. The van der Waals surface area contributed by atoms with Gasteiger partial charge in [-0.2, -0.15) is 0 Å². The highest BCUT2D eigenvalue weighted by atomic mass is 16.5. The van der Waals surface area contributed by atoms with E-state index in [1.54, 1.807) is 19.5 Å². The molecule has 38 heavy (non-hydrogen) atoms. The molecular formula is C29H35N5O4. The SMILES string of the molecule is COC1N=CCC(C)=C1c1cc(-c2cnc(Nc3cc(OCCCN4CCOCC4)ccc3C)o2)ccn1. The second kappa shape index (κ2) is 12.3. The summed E-state index contributed by atoms with van der Waals surface area (Å²) in [6.07, 6.45) is 6.79. The van der Waals surface area contributed by atoms with Crippen molar-refractivity contribution in [2.24, 2.45) is 4.99 Å². The van der Waals surface area contributed by atoms with Gasteiger partial charge in [-0.05, 0) is 44.0 Å². The number of nitrogens with zero attached hydrogens (tertiary/aromatic N) is 4. The van der Waals surface area contributed by atoms with Crippen LogP contribution in [0.2, 0.25) is 0 Å². The maximum Gasteiger partial charge on any atom is 0.299 e. The quantitative estimate of drug-likeness (QED) is 0.371. The zero-order chi connectivity index (χ0) is 26.3. The smallest absolute Gasteiger partial charge is 0.299 e. The van der Waals surface area contributed by atoms with E-state index in [9.17, 15) is 0 Å². The molecule has 0 spiro atoms. The molecular weight excluding hydrogens is 482 g/mol. The Morgan fingerprint density at radius 1 is 1.11 bits per heavy atom. The van der Waals surface area contributed by atoms with Crippen LogP contribution in [0.15, 0.2) is 57.7 Å². The molecule has 3 aromatic rings.